The third-order valence-corrected chi connectivity index (χ3v) is 3.35. The number of halogens is 1. The predicted molar refractivity (Wildman–Crippen MR) is 66.2 cm³/mol. The van der Waals surface area contributed by atoms with E-state index in [4.69, 9.17) is 5.26 Å². The van der Waals surface area contributed by atoms with E-state index in [0.717, 1.165) is 17.3 Å². The van der Waals surface area contributed by atoms with Crippen LogP contribution in [0.3, 0.4) is 0 Å². The number of pyridine rings is 1. The minimum atomic E-state index is -0.00445. The minimum absolute atomic E-state index is 0.00445. The largest absolute Gasteiger partial charge is 0.339 e. The third-order valence-electron chi connectivity index (χ3n) is 2.92. The van der Waals surface area contributed by atoms with Gasteiger partial charge in [-0.3, -0.25) is 9.78 Å². The first kappa shape index (κ1) is 12.1. The van der Waals surface area contributed by atoms with E-state index in [0.29, 0.717) is 18.7 Å². The average Bonchev–Trinajstić information content (AvgIpc) is 2.38. The van der Waals surface area contributed by atoms with Gasteiger partial charge in [0.05, 0.1) is 11.6 Å². The van der Waals surface area contributed by atoms with E-state index in [9.17, 15) is 4.79 Å². The molecule has 0 unspecified atom stereocenters. The molecule has 1 aliphatic rings. The normalized spacial score (nSPS) is 16.6. The topological polar surface area (TPSA) is 57.0 Å². The van der Waals surface area contributed by atoms with Crippen LogP contribution < -0.4 is 0 Å². The summed E-state index contributed by atoms with van der Waals surface area (Å²) in [5, 5.41) is 8.80. The van der Waals surface area contributed by atoms with Crippen molar-refractivity contribution >= 4 is 21.8 Å². The molecule has 2 heterocycles. The summed E-state index contributed by atoms with van der Waals surface area (Å²) in [5.74, 6) is 0.0925. The smallest absolute Gasteiger partial charge is 0.255 e. The lowest BCUT2D eigenvalue weighted by molar-refractivity contribution is 0.0707. The fourth-order valence-electron chi connectivity index (χ4n) is 1.92. The molecule has 0 radical (unpaired) electrons. The number of likely N-dealkylation sites (tertiary alicyclic amines) is 1. The van der Waals surface area contributed by atoms with E-state index in [1.54, 1.807) is 23.4 Å². The molecule has 0 saturated carbocycles. The Morgan fingerprint density at radius 3 is 2.76 bits per heavy atom. The molecule has 88 valence electrons. The highest BCUT2D eigenvalue weighted by atomic mass is 79.9. The highest BCUT2D eigenvalue weighted by molar-refractivity contribution is 9.10. The van der Waals surface area contributed by atoms with Crippen LogP contribution in [0.1, 0.15) is 23.2 Å². The fraction of sp³-hybridized carbons (Fsp3) is 0.417. The molecule has 1 fully saturated rings. The zero-order valence-corrected chi connectivity index (χ0v) is 10.9. The second-order valence-corrected chi connectivity index (χ2v) is 5.00. The Hall–Kier alpha value is -1.41. The van der Waals surface area contributed by atoms with Gasteiger partial charge in [-0.25, -0.2) is 0 Å². The van der Waals surface area contributed by atoms with Crippen LogP contribution in [0.5, 0.6) is 0 Å². The monoisotopic (exact) mass is 293 g/mol. The number of aromatic nitrogens is 1. The van der Waals surface area contributed by atoms with Crippen molar-refractivity contribution in [2.45, 2.75) is 12.8 Å². The number of hydrogen-bond acceptors (Lipinski definition) is 3. The standard InChI is InChI=1S/C12H12BrN3O/c13-11-5-10(7-15-8-11)12(17)16-3-1-9(6-14)2-4-16/h5,7-9H,1-4H2. The summed E-state index contributed by atoms with van der Waals surface area (Å²) in [6.07, 6.45) is 4.76. The lowest BCUT2D eigenvalue weighted by Gasteiger charge is -2.29. The molecule has 2 rings (SSSR count). The Kier molecular flexibility index (Phi) is 3.75. The molecule has 5 heteroatoms. The molecule has 1 amide bonds. The molecule has 0 spiro atoms. The van der Waals surface area contributed by atoms with E-state index in [-0.39, 0.29) is 11.8 Å². The Bertz CT molecular complexity index is 461. The lowest BCUT2D eigenvalue weighted by atomic mass is 9.98. The third kappa shape index (κ3) is 2.83. The minimum Gasteiger partial charge on any atom is -0.339 e. The molecular weight excluding hydrogens is 282 g/mol. The first-order valence-corrected chi connectivity index (χ1v) is 6.29. The number of nitrogens with zero attached hydrogens (tertiary/aromatic N) is 3. The van der Waals surface area contributed by atoms with Crippen LogP contribution in [-0.4, -0.2) is 28.9 Å². The van der Waals surface area contributed by atoms with Crippen molar-refractivity contribution in [3.05, 3.63) is 28.5 Å². The van der Waals surface area contributed by atoms with Crippen molar-refractivity contribution < 1.29 is 4.79 Å². The Morgan fingerprint density at radius 2 is 2.18 bits per heavy atom. The van der Waals surface area contributed by atoms with Crippen molar-refractivity contribution in [3.63, 3.8) is 0 Å². The number of hydrogen-bond donors (Lipinski definition) is 0. The average molecular weight is 294 g/mol. The van der Waals surface area contributed by atoms with Crippen LogP contribution in [0.2, 0.25) is 0 Å². The van der Waals surface area contributed by atoms with Gasteiger partial charge in [-0.05, 0) is 34.8 Å². The van der Waals surface area contributed by atoms with Crippen molar-refractivity contribution in [2.24, 2.45) is 5.92 Å². The van der Waals surface area contributed by atoms with Gasteiger partial charge >= 0.3 is 0 Å². The number of amides is 1. The molecule has 0 aromatic carbocycles. The summed E-state index contributed by atoms with van der Waals surface area (Å²) in [6.45, 7) is 1.31. The van der Waals surface area contributed by atoms with Gasteiger partial charge in [-0.1, -0.05) is 0 Å². The van der Waals surface area contributed by atoms with Gasteiger partial charge in [0, 0.05) is 35.9 Å². The molecule has 1 aliphatic heterocycles. The molecule has 4 nitrogen and oxygen atoms in total. The van der Waals surface area contributed by atoms with Gasteiger partial charge in [0.2, 0.25) is 0 Å². The zero-order valence-electron chi connectivity index (χ0n) is 9.27. The Balaban J connectivity index is 2.05. The van der Waals surface area contributed by atoms with Crippen molar-refractivity contribution in [3.8, 4) is 6.07 Å². The van der Waals surface area contributed by atoms with E-state index < -0.39 is 0 Å². The SMILES string of the molecule is N#CC1CCN(C(=O)c2cncc(Br)c2)CC1. The van der Waals surface area contributed by atoms with Crippen molar-refractivity contribution in [1.82, 2.24) is 9.88 Å². The van der Waals surface area contributed by atoms with E-state index in [1.165, 1.54) is 0 Å². The number of piperidine rings is 1. The maximum absolute atomic E-state index is 12.1. The van der Waals surface area contributed by atoms with Crippen LogP contribution in [0.15, 0.2) is 22.9 Å². The molecule has 0 aliphatic carbocycles. The van der Waals surface area contributed by atoms with Crippen molar-refractivity contribution in [1.29, 1.82) is 5.26 Å². The van der Waals surface area contributed by atoms with E-state index in [2.05, 4.69) is 27.0 Å². The Morgan fingerprint density at radius 1 is 1.47 bits per heavy atom. The van der Waals surface area contributed by atoms with Gasteiger partial charge in [0.15, 0.2) is 0 Å². The molecular formula is C12H12BrN3O. The molecule has 17 heavy (non-hydrogen) atoms. The number of carbonyl (C=O) groups excluding carboxylic acids is 1. The highest BCUT2D eigenvalue weighted by Crippen LogP contribution is 2.19. The lowest BCUT2D eigenvalue weighted by Crippen LogP contribution is -2.38. The van der Waals surface area contributed by atoms with Gasteiger partial charge < -0.3 is 4.90 Å². The van der Waals surface area contributed by atoms with Crippen molar-refractivity contribution in [2.75, 3.05) is 13.1 Å². The molecule has 0 bridgehead atoms. The van der Waals surface area contributed by atoms with Crippen LogP contribution in [0, 0.1) is 17.2 Å². The fourth-order valence-corrected chi connectivity index (χ4v) is 2.29. The quantitative estimate of drug-likeness (QED) is 0.798. The molecule has 0 N–H and O–H groups in total. The predicted octanol–water partition coefficient (Wildman–Crippen LogP) is 2.22. The van der Waals surface area contributed by atoms with E-state index in [1.807, 2.05) is 0 Å². The number of rotatable bonds is 1. The van der Waals surface area contributed by atoms with Crippen LogP contribution in [-0.2, 0) is 0 Å². The molecule has 1 saturated heterocycles. The highest BCUT2D eigenvalue weighted by Gasteiger charge is 2.23. The summed E-state index contributed by atoms with van der Waals surface area (Å²) in [6, 6.07) is 4.02. The van der Waals surface area contributed by atoms with Gasteiger partial charge in [-0.15, -0.1) is 0 Å². The van der Waals surface area contributed by atoms with Gasteiger partial charge in [0.1, 0.15) is 0 Å². The van der Waals surface area contributed by atoms with Gasteiger partial charge in [0.25, 0.3) is 5.91 Å². The summed E-state index contributed by atoms with van der Waals surface area (Å²) >= 11 is 3.30. The van der Waals surface area contributed by atoms with Crippen LogP contribution in [0.4, 0.5) is 0 Å². The Labute approximate surface area is 108 Å². The maximum Gasteiger partial charge on any atom is 0.255 e. The zero-order chi connectivity index (χ0) is 12.3. The molecule has 1 aromatic heterocycles. The summed E-state index contributed by atoms with van der Waals surface area (Å²) in [7, 11) is 0. The maximum atomic E-state index is 12.1. The van der Waals surface area contributed by atoms with Gasteiger partial charge in [-0.2, -0.15) is 5.26 Å². The first-order valence-electron chi connectivity index (χ1n) is 5.50. The summed E-state index contributed by atoms with van der Waals surface area (Å²) < 4.78 is 0.801. The summed E-state index contributed by atoms with van der Waals surface area (Å²) in [5.41, 5.74) is 0.592. The summed E-state index contributed by atoms with van der Waals surface area (Å²) in [4.78, 5) is 17.9. The molecule has 1 aromatic rings. The number of carbonyl (C=O) groups is 1. The number of nitriles is 1. The van der Waals surface area contributed by atoms with Crippen LogP contribution >= 0.6 is 15.9 Å². The second-order valence-electron chi connectivity index (χ2n) is 4.09. The van der Waals surface area contributed by atoms with Crippen LogP contribution in [0.25, 0.3) is 0 Å². The van der Waals surface area contributed by atoms with E-state index >= 15 is 0 Å². The molecule has 0 atom stereocenters. The second kappa shape index (κ2) is 5.28. The first-order chi connectivity index (χ1) is 8.20.